The van der Waals surface area contributed by atoms with Crippen molar-refractivity contribution in [3.8, 4) is 23.0 Å². The Morgan fingerprint density at radius 1 is 1.00 bits per heavy atom. The molecule has 7 nitrogen and oxygen atoms in total. The molecule has 0 heterocycles. The second-order valence-corrected chi connectivity index (χ2v) is 7.83. The largest absolute Gasteiger partial charge is 0.493 e. The summed E-state index contributed by atoms with van der Waals surface area (Å²) in [6, 6.07) is 18.3. The quantitative estimate of drug-likeness (QED) is 0.207. The highest BCUT2D eigenvalue weighted by Crippen LogP contribution is 2.36. The molecular formula is C26H25BrN2O5. The van der Waals surface area contributed by atoms with Crippen LogP contribution >= 0.6 is 15.9 Å². The zero-order valence-electron chi connectivity index (χ0n) is 18.9. The van der Waals surface area contributed by atoms with Gasteiger partial charge < -0.3 is 18.9 Å². The number of hydrogen-bond acceptors (Lipinski definition) is 6. The highest BCUT2D eigenvalue weighted by molar-refractivity contribution is 9.10. The summed E-state index contributed by atoms with van der Waals surface area (Å²) in [6.45, 7) is 4.38. The monoisotopic (exact) mass is 524 g/mol. The molecule has 0 aliphatic carbocycles. The number of ether oxygens (including phenoxy) is 4. The fourth-order valence-electron chi connectivity index (χ4n) is 2.99. The molecule has 1 N–H and O–H groups in total. The minimum Gasteiger partial charge on any atom is -0.493 e. The molecule has 0 fully saturated rings. The maximum atomic E-state index is 12.6. The van der Waals surface area contributed by atoms with E-state index in [0.717, 1.165) is 5.56 Å². The molecular weight excluding hydrogens is 500 g/mol. The van der Waals surface area contributed by atoms with Gasteiger partial charge in [0.1, 0.15) is 13.2 Å². The Balaban J connectivity index is 1.66. The number of methoxy groups -OCH3 is 2. The average Bonchev–Trinajstić information content (AvgIpc) is 2.87. The van der Waals surface area contributed by atoms with Crippen molar-refractivity contribution in [2.75, 3.05) is 20.8 Å². The molecule has 3 aromatic carbocycles. The van der Waals surface area contributed by atoms with Crippen molar-refractivity contribution >= 4 is 28.1 Å². The third-order valence-corrected chi connectivity index (χ3v) is 5.23. The van der Waals surface area contributed by atoms with E-state index in [4.69, 9.17) is 18.9 Å². The van der Waals surface area contributed by atoms with Crippen molar-refractivity contribution in [1.82, 2.24) is 5.43 Å². The van der Waals surface area contributed by atoms with Crippen LogP contribution in [0.1, 0.15) is 21.5 Å². The van der Waals surface area contributed by atoms with Crippen LogP contribution in [0.5, 0.6) is 23.0 Å². The van der Waals surface area contributed by atoms with Crippen LogP contribution in [0.4, 0.5) is 0 Å². The summed E-state index contributed by atoms with van der Waals surface area (Å²) in [5, 5.41) is 4.05. The van der Waals surface area contributed by atoms with Crippen LogP contribution in [0, 0.1) is 0 Å². The lowest BCUT2D eigenvalue weighted by molar-refractivity contribution is 0.0954. The van der Waals surface area contributed by atoms with E-state index in [1.165, 1.54) is 13.3 Å². The molecule has 8 heteroatoms. The van der Waals surface area contributed by atoms with Crippen molar-refractivity contribution in [3.63, 3.8) is 0 Å². The molecule has 34 heavy (non-hydrogen) atoms. The lowest BCUT2D eigenvalue weighted by Gasteiger charge is -2.12. The van der Waals surface area contributed by atoms with E-state index in [-0.39, 0.29) is 5.91 Å². The SMILES string of the molecule is C=CCOc1c(Br)cc(/C=N/NC(=O)c2ccc(OCc3ccccc3)c(OC)c2)cc1OC. The number of carbonyl (C=O) groups excluding carboxylic acids is 1. The van der Waals surface area contributed by atoms with Gasteiger partial charge in [0.15, 0.2) is 23.0 Å². The summed E-state index contributed by atoms with van der Waals surface area (Å²) in [5.41, 5.74) is 4.64. The fraction of sp³-hybridized carbons (Fsp3) is 0.154. The van der Waals surface area contributed by atoms with Gasteiger partial charge in [-0.25, -0.2) is 5.43 Å². The van der Waals surface area contributed by atoms with E-state index >= 15 is 0 Å². The van der Waals surface area contributed by atoms with Gasteiger partial charge in [-0.3, -0.25) is 4.79 Å². The number of nitrogens with zero attached hydrogens (tertiary/aromatic N) is 1. The Morgan fingerprint density at radius 2 is 1.76 bits per heavy atom. The third kappa shape index (κ3) is 6.62. The second kappa shape index (κ2) is 12.5. The molecule has 0 saturated carbocycles. The van der Waals surface area contributed by atoms with Crippen molar-refractivity contribution in [3.05, 3.63) is 94.5 Å². The maximum Gasteiger partial charge on any atom is 0.271 e. The number of hydrazone groups is 1. The van der Waals surface area contributed by atoms with Crippen LogP contribution in [0.15, 0.2) is 82.9 Å². The predicted octanol–water partition coefficient (Wildman–Crippen LogP) is 5.37. The highest BCUT2D eigenvalue weighted by Gasteiger charge is 2.12. The first-order valence-electron chi connectivity index (χ1n) is 10.3. The Kier molecular flexibility index (Phi) is 9.11. The fourth-order valence-corrected chi connectivity index (χ4v) is 3.56. The molecule has 0 aromatic heterocycles. The number of carbonyl (C=O) groups is 1. The predicted molar refractivity (Wildman–Crippen MR) is 135 cm³/mol. The first-order valence-corrected chi connectivity index (χ1v) is 11.1. The topological polar surface area (TPSA) is 78.4 Å². The minimum atomic E-state index is -0.388. The molecule has 0 atom stereocenters. The summed E-state index contributed by atoms with van der Waals surface area (Å²) < 4.78 is 22.9. The smallest absolute Gasteiger partial charge is 0.271 e. The Labute approximate surface area is 207 Å². The van der Waals surface area contributed by atoms with E-state index < -0.39 is 0 Å². The molecule has 0 aliphatic heterocycles. The van der Waals surface area contributed by atoms with Crippen molar-refractivity contribution in [2.24, 2.45) is 5.10 Å². The lowest BCUT2D eigenvalue weighted by atomic mass is 10.2. The lowest BCUT2D eigenvalue weighted by Crippen LogP contribution is -2.17. The van der Waals surface area contributed by atoms with E-state index in [9.17, 15) is 4.79 Å². The summed E-state index contributed by atoms with van der Waals surface area (Å²) in [6.07, 6.45) is 3.16. The van der Waals surface area contributed by atoms with Gasteiger partial charge in [0, 0.05) is 5.56 Å². The van der Waals surface area contributed by atoms with Gasteiger partial charge in [0.25, 0.3) is 5.91 Å². The summed E-state index contributed by atoms with van der Waals surface area (Å²) in [5.74, 6) is 1.70. The van der Waals surface area contributed by atoms with Gasteiger partial charge in [-0.2, -0.15) is 5.10 Å². The Hall–Kier alpha value is -3.78. The summed E-state index contributed by atoms with van der Waals surface area (Å²) >= 11 is 3.46. The number of rotatable bonds is 11. The van der Waals surface area contributed by atoms with E-state index in [1.54, 1.807) is 43.5 Å². The van der Waals surface area contributed by atoms with Crippen LogP contribution in [0.25, 0.3) is 0 Å². The van der Waals surface area contributed by atoms with Crippen molar-refractivity contribution < 1.29 is 23.7 Å². The first kappa shape index (κ1) is 24.9. The van der Waals surface area contributed by atoms with Crippen LogP contribution in [-0.4, -0.2) is 32.9 Å². The molecule has 3 aromatic rings. The van der Waals surface area contributed by atoms with Gasteiger partial charge in [0.2, 0.25) is 0 Å². The van der Waals surface area contributed by atoms with E-state index in [0.29, 0.717) is 51.8 Å². The maximum absolute atomic E-state index is 12.6. The molecule has 0 unspecified atom stereocenters. The summed E-state index contributed by atoms with van der Waals surface area (Å²) in [7, 11) is 3.07. The highest BCUT2D eigenvalue weighted by atomic mass is 79.9. The van der Waals surface area contributed by atoms with Gasteiger partial charge in [-0.15, -0.1) is 0 Å². The van der Waals surface area contributed by atoms with Crippen LogP contribution in [-0.2, 0) is 6.61 Å². The second-order valence-electron chi connectivity index (χ2n) is 6.97. The van der Waals surface area contributed by atoms with Crippen LogP contribution < -0.4 is 24.4 Å². The van der Waals surface area contributed by atoms with Gasteiger partial charge in [-0.05, 0) is 57.4 Å². The molecule has 0 saturated heterocycles. The Bertz CT molecular complexity index is 1170. The molecule has 0 spiro atoms. The average molecular weight is 525 g/mol. The third-order valence-electron chi connectivity index (χ3n) is 4.64. The zero-order chi connectivity index (χ0) is 24.3. The van der Waals surface area contributed by atoms with Gasteiger partial charge >= 0.3 is 0 Å². The van der Waals surface area contributed by atoms with E-state index in [2.05, 4.69) is 33.0 Å². The number of nitrogens with one attached hydrogen (secondary N) is 1. The number of hydrogen-bond donors (Lipinski definition) is 1. The van der Waals surface area contributed by atoms with Gasteiger partial charge in [0.05, 0.1) is 24.9 Å². The van der Waals surface area contributed by atoms with E-state index in [1.807, 2.05) is 30.3 Å². The molecule has 0 aliphatic rings. The molecule has 1 amide bonds. The summed E-state index contributed by atoms with van der Waals surface area (Å²) in [4.78, 5) is 12.6. The molecule has 176 valence electrons. The van der Waals surface area contributed by atoms with Gasteiger partial charge in [-0.1, -0.05) is 43.0 Å². The van der Waals surface area contributed by atoms with Crippen LogP contribution in [0.2, 0.25) is 0 Å². The number of halogens is 1. The zero-order valence-corrected chi connectivity index (χ0v) is 20.5. The van der Waals surface area contributed by atoms with Crippen LogP contribution in [0.3, 0.4) is 0 Å². The molecule has 0 radical (unpaired) electrons. The Morgan fingerprint density at radius 3 is 2.47 bits per heavy atom. The standard InChI is InChI=1S/C26H25BrN2O5/c1-4-12-33-25-21(27)13-19(14-24(25)32-3)16-28-29-26(30)20-10-11-22(23(15-20)31-2)34-17-18-8-6-5-7-9-18/h4-11,13-16H,1,12,17H2,2-3H3,(H,29,30)/b28-16+. The van der Waals surface area contributed by atoms with Crippen molar-refractivity contribution in [2.45, 2.75) is 6.61 Å². The van der Waals surface area contributed by atoms with Crippen molar-refractivity contribution in [1.29, 1.82) is 0 Å². The number of amides is 1. The first-order chi connectivity index (χ1) is 16.5. The molecule has 0 bridgehead atoms. The molecule has 3 rings (SSSR count). The minimum absolute atomic E-state index is 0.345. The number of benzene rings is 3. The normalized spacial score (nSPS) is 10.6.